The molecule has 5 rings (SSSR count). The average Bonchev–Trinajstić information content (AvgIpc) is 3.19. The van der Waals surface area contributed by atoms with Gasteiger partial charge in [0.05, 0.1) is 5.92 Å². The fourth-order valence-corrected chi connectivity index (χ4v) is 4.46. The highest BCUT2D eigenvalue weighted by Gasteiger charge is 2.37. The van der Waals surface area contributed by atoms with Gasteiger partial charge in [-0.05, 0) is 42.5 Å². The van der Waals surface area contributed by atoms with Crippen LogP contribution in [0.15, 0.2) is 23.6 Å². The topological polar surface area (TPSA) is 66.6 Å². The highest BCUT2D eigenvalue weighted by atomic mass is 32.1. The highest BCUT2D eigenvalue weighted by molar-refractivity contribution is 7.10. The fraction of sp³-hybridized carbons (Fsp3) is 0.412. The van der Waals surface area contributed by atoms with Gasteiger partial charge in [-0.25, -0.2) is 0 Å². The minimum Gasteiger partial charge on any atom is -0.353 e. The van der Waals surface area contributed by atoms with Crippen LogP contribution in [0.4, 0.5) is 5.82 Å². The summed E-state index contributed by atoms with van der Waals surface area (Å²) in [5.74, 6) is 1.98. The zero-order valence-electron chi connectivity index (χ0n) is 13.9. The van der Waals surface area contributed by atoms with Gasteiger partial charge >= 0.3 is 0 Å². The minimum atomic E-state index is 0.0692. The second-order valence-electron chi connectivity index (χ2n) is 6.69. The summed E-state index contributed by atoms with van der Waals surface area (Å²) in [4.78, 5) is 18.4. The SMILES string of the molecule is Cc1nnc2ccc(N3CC(C(=O)N4CCc5sccc5C4)C3)nn12. The van der Waals surface area contributed by atoms with E-state index in [0.29, 0.717) is 0 Å². The molecule has 2 aliphatic heterocycles. The molecule has 8 heteroatoms. The molecule has 0 unspecified atom stereocenters. The van der Waals surface area contributed by atoms with E-state index in [-0.39, 0.29) is 11.8 Å². The van der Waals surface area contributed by atoms with Gasteiger partial charge in [0.1, 0.15) is 5.82 Å². The van der Waals surface area contributed by atoms with E-state index in [1.165, 1.54) is 10.4 Å². The number of fused-ring (bicyclic) bond motifs is 2. The van der Waals surface area contributed by atoms with Gasteiger partial charge < -0.3 is 9.80 Å². The standard InChI is InChI=1S/C17H18N6OS/c1-11-18-19-15-2-3-16(20-23(11)15)22-9-13(10-22)17(24)21-6-4-14-12(8-21)5-7-25-14/h2-3,5,7,13H,4,6,8-10H2,1H3. The summed E-state index contributed by atoms with van der Waals surface area (Å²) in [5.41, 5.74) is 2.06. The summed E-state index contributed by atoms with van der Waals surface area (Å²) in [6, 6.07) is 6.01. The first-order valence-electron chi connectivity index (χ1n) is 8.47. The molecule has 1 fully saturated rings. The molecule has 5 heterocycles. The molecule has 2 aliphatic rings. The number of aryl methyl sites for hydroxylation is 1. The van der Waals surface area contributed by atoms with Crippen LogP contribution in [0.2, 0.25) is 0 Å². The summed E-state index contributed by atoms with van der Waals surface area (Å²) in [6.45, 7) is 4.94. The number of anilines is 1. The Hall–Kier alpha value is -2.48. The van der Waals surface area contributed by atoms with Crippen molar-refractivity contribution in [2.24, 2.45) is 5.92 Å². The number of rotatable bonds is 2. The van der Waals surface area contributed by atoms with Gasteiger partial charge in [-0.3, -0.25) is 4.79 Å². The number of carbonyl (C=O) groups excluding carboxylic acids is 1. The van der Waals surface area contributed by atoms with Crippen LogP contribution in [0.25, 0.3) is 5.65 Å². The highest BCUT2D eigenvalue weighted by Crippen LogP contribution is 2.28. The van der Waals surface area contributed by atoms with Crippen LogP contribution in [0.3, 0.4) is 0 Å². The quantitative estimate of drug-likeness (QED) is 0.698. The lowest BCUT2D eigenvalue weighted by molar-refractivity contribution is -0.137. The summed E-state index contributed by atoms with van der Waals surface area (Å²) in [6.07, 6.45) is 0.986. The van der Waals surface area contributed by atoms with Crippen LogP contribution < -0.4 is 4.90 Å². The van der Waals surface area contributed by atoms with Gasteiger partial charge in [0.25, 0.3) is 0 Å². The van der Waals surface area contributed by atoms with Crippen LogP contribution in [0, 0.1) is 12.8 Å². The number of carbonyl (C=O) groups is 1. The minimum absolute atomic E-state index is 0.0692. The molecule has 1 amide bonds. The van der Waals surface area contributed by atoms with Crippen LogP contribution in [0.1, 0.15) is 16.3 Å². The lowest BCUT2D eigenvalue weighted by Gasteiger charge is -2.41. The van der Waals surface area contributed by atoms with Crippen LogP contribution in [0.5, 0.6) is 0 Å². The Balaban J connectivity index is 1.26. The third kappa shape index (κ3) is 2.39. The van der Waals surface area contributed by atoms with Crippen LogP contribution in [-0.4, -0.2) is 50.3 Å². The lowest BCUT2D eigenvalue weighted by Crippen LogP contribution is -2.55. The molecule has 0 bridgehead atoms. The molecule has 0 spiro atoms. The smallest absolute Gasteiger partial charge is 0.229 e. The van der Waals surface area contributed by atoms with Gasteiger partial charge in [0.2, 0.25) is 5.91 Å². The monoisotopic (exact) mass is 354 g/mol. The van der Waals surface area contributed by atoms with Gasteiger partial charge in [-0.1, -0.05) is 0 Å². The van der Waals surface area contributed by atoms with Crippen molar-refractivity contribution < 1.29 is 4.79 Å². The Morgan fingerprint density at radius 3 is 3.00 bits per heavy atom. The van der Waals surface area contributed by atoms with E-state index < -0.39 is 0 Å². The Kier molecular flexibility index (Phi) is 3.27. The lowest BCUT2D eigenvalue weighted by atomic mass is 9.97. The van der Waals surface area contributed by atoms with Crippen molar-refractivity contribution in [2.75, 3.05) is 24.5 Å². The zero-order valence-corrected chi connectivity index (χ0v) is 14.7. The number of thiophene rings is 1. The van der Waals surface area contributed by atoms with Gasteiger partial charge in [0.15, 0.2) is 11.5 Å². The molecule has 0 radical (unpaired) electrons. The first-order valence-corrected chi connectivity index (χ1v) is 9.35. The summed E-state index contributed by atoms with van der Waals surface area (Å²) >= 11 is 1.80. The van der Waals surface area contributed by atoms with E-state index in [0.717, 1.165) is 49.9 Å². The molecule has 0 atom stereocenters. The first-order chi connectivity index (χ1) is 12.2. The molecule has 128 valence electrons. The Morgan fingerprint density at radius 1 is 1.24 bits per heavy atom. The van der Waals surface area contributed by atoms with Crippen molar-refractivity contribution in [1.29, 1.82) is 0 Å². The van der Waals surface area contributed by atoms with Gasteiger partial charge in [0, 0.05) is 31.1 Å². The average molecular weight is 354 g/mol. The van der Waals surface area contributed by atoms with Crippen molar-refractivity contribution in [1.82, 2.24) is 24.7 Å². The maximum Gasteiger partial charge on any atom is 0.229 e. The first kappa shape index (κ1) is 14.8. The van der Waals surface area contributed by atoms with Crippen molar-refractivity contribution in [2.45, 2.75) is 19.9 Å². The second-order valence-corrected chi connectivity index (χ2v) is 7.69. The van der Waals surface area contributed by atoms with Crippen molar-refractivity contribution in [3.8, 4) is 0 Å². The molecule has 0 aliphatic carbocycles. The number of nitrogens with zero attached hydrogens (tertiary/aromatic N) is 6. The molecular formula is C17H18N6OS. The van der Waals surface area contributed by atoms with E-state index in [4.69, 9.17) is 0 Å². The maximum atomic E-state index is 12.8. The van der Waals surface area contributed by atoms with E-state index in [9.17, 15) is 4.79 Å². The molecule has 3 aromatic rings. The number of amides is 1. The molecule has 0 N–H and O–H groups in total. The summed E-state index contributed by atoms with van der Waals surface area (Å²) < 4.78 is 1.74. The van der Waals surface area contributed by atoms with Gasteiger partial charge in [-0.15, -0.1) is 26.6 Å². The third-order valence-electron chi connectivity index (χ3n) is 5.08. The number of hydrogen-bond donors (Lipinski definition) is 0. The van der Waals surface area contributed by atoms with Crippen molar-refractivity contribution >= 4 is 28.7 Å². The Bertz CT molecular complexity index is 957. The molecule has 0 aromatic carbocycles. The number of aromatic nitrogens is 4. The van der Waals surface area contributed by atoms with Gasteiger partial charge in [-0.2, -0.15) is 4.52 Å². The van der Waals surface area contributed by atoms with E-state index >= 15 is 0 Å². The van der Waals surface area contributed by atoms with Crippen molar-refractivity contribution in [3.05, 3.63) is 39.8 Å². The predicted molar refractivity (Wildman–Crippen MR) is 94.7 cm³/mol. The van der Waals surface area contributed by atoms with Crippen molar-refractivity contribution in [3.63, 3.8) is 0 Å². The fourth-order valence-electron chi connectivity index (χ4n) is 3.57. The summed E-state index contributed by atoms with van der Waals surface area (Å²) in [7, 11) is 0. The molecular weight excluding hydrogens is 336 g/mol. The Morgan fingerprint density at radius 2 is 2.12 bits per heavy atom. The third-order valence-corrected chi connectivity index (χ3v) is 6.10. The zero-order chi connectivity index (χ0) is 17.0. The molecule has 1 saturated heterocycles. The van der Waals surface area contributed by atoms with E-state index in [1.807, 2.05) is 24.0 Å². The maximum absolute atomic E-state index is 12.8. The molecule has 3 aromatic heterocycles. The van der Waals surface area contributed by atoms with Crippen LogP contribution >= 0.6 is 11.3 Å². The molecule has 7 nitrogen and oxygen atoms in total. The molecule has 25 heavy (non-hydrogen) atoms. The Labute approximate surface area is 148 Å². The summed E-state index contributed by atoms with van der Waals surface area (Å²) in [5, 5.41) is 14.8. The number of hydrogen-bond acceptors (Lipinski definition) is 6. The largest absolute Gasteiger partial charge is 0.353 e. The van der Waals surface area contributed by atoms with E-state index in [2.05, 4.69) is 31.6 Å². The second kappa shape index (κ2) is 5.52. The molecule has 0 saturated carbocycles. The normalized spacial score (nSPS) is 17.6. The van der Waals surface area contributed by atoms with E-state index in [1.54, 1.807) is 15.9 Å². The van der Waals surface area contributed by atoms with Crippen LogP contribution in [-0.2, 0) is 17.8 Å². The predicted octanol–water partition coefficient (Wildman–Crippen LogP) is 1.52.